The second-order valence-electron chi connectivity index (χ2n) is 15.4. The van der Waals surface area contributed by atoms with Gasteiger partial charge in [0.25, 0.3) is 5.91 Å². The minimum absolute atomic E-state index is 0.0544. The first-order chi connectivity index (χ1) is 24.7. The molecule has 0 aliphatic heterocycles. The molecule has 53 heavy (non-hydrogen) atoms. The van der Waals surface area contributed by atoms with Gasteiger partial charge in [0.1, 0.15) is 22.8 Å². The van der Waals surface area contributed by atoms with Crippen LogP contribution in [0.25, 0.3) is 0 Å². The molecule has 0 bridgehead atoms. The smallest absolute Gasteiger partial charge is 0.412 e. The third kappa shape index (κ3) is 6.93. The van der Waals surface area contributed by atoms with Crippen molar-refractivity contribution in [3.05, 3.63) is 81.3 Å². The number of esters is 1. The Kier molecular flexibility index (Phi) is 10.4. The number of benzene rings is 2. The molecular formula is C38H46N4O11. The van der Waals surface area contributed by atoms with Crippen molar-refractivity contribution in [1.29, 1.82) is 0 Å². The molecule has 3 aliphatic rings. The molecule has 0 radical (unpaired) electrons. The summed E-state index contributed by atoms with van der Waals surface area (Å²) >= 11 is 0. The van der Waals surface area contributed by atoms with Crippen molar-refractivity contribution in [3.8, 4) is 5.75 Å². The van der Waals surface area contributed by atoms with Crippen LogP contribution in [0.3, 0.4) is 0 Å². The molecule has 6 N–H and O–H groups in total. The number of aliphatic hydroxyl groups excluding tert-OH is 2. The standard InChI is InChI=1S/C38H46N4O11/c1-37(2,3)17-42(36(50)53-18-52-35(49)19-11-9-8-10-12-19)16-21-15-24(40(4)5)22-13-20-14-23-28(41(6)7)31(45)27(34(39)48)33(47)38(23,51)32(46)25(20)30(44)26(22)29(21)43/h8-12,15,20,23,28,43,45-46,51H,13-14,16-18H2,1-7H3,(H2,39,48)/t20-,23-,28-,38-/m0/s1. The zero-order valence-corrected chi connectivity index (χ0v) is 30.8. The fourth-order valence-electron chi connectivity index (χ4n) is 7.72. The molecule has 0 saturated carbocycles. The monoisotopic (exact) mass is 734 g/mol. The molecule has 0 aromatic heterocycles. The number of ether oxygens (including phenoxy) is 2. The van der Waals surface area contributed by atoms with Crippen molar-refractivity contribution in [2.75, 3.05) is 46.4 Å². The molecule has 0 saturated heterocycles. The molecule has 284 valence electrons. The molecular weight excluding hydrogens is 688 g/mol. The van der Waals surface area contributed by atoms with Crippen LogP contribution in [0, 0.1) is 17.3 Å². The highest BCUT2D eigenvalue weighted by Crippen LogP contribution is 2.53. The Morgan fingerprint density at radius 3 is 2.21 bits per heavy atom. The lowest BCUT2D eigenvalue weighted by molar-refractivity contribution is -0.148. The Hall–Kier alpha value is -5.41. The number of carbonyl (C=O) groups is 5. The van der Waals surface area contributed by atoms with Gasteiger partial charge in [-0.25, -0.2) is 9.59 Å². The fourth-order valence-corrected chi connectivity index (χ4v) is 7.72. The number of hydrogen-bond donors (Lipinski definition) is 5. The summed E-state index contributed by atoms with van der Waals surface area (Å²) in [5, 5.41) is 46.5. The van der Waals surface area contributed by atoms with Crippen LogP contribution >= 0.6 is 0 Å². The molecule has 0 heterocycles. The second-order valence-corrected chi connectivity index (χ2v) is 15.4. The van der Waals surface area contributed by atoms with Crippen LogP contribution in [0.15, 0.2) is 59.1 Å². The number of nitrogens with zero attached hydrogens (tertiary/aromatic N) is 3. The van der Waals surface area contributed by atoms with Gasteiger partial charge in [-0.2, -0.15) is 0 Å². The maximum absolute atomic E-state index is 14.5. The van der Waals surface area contributed by atoms with E-state index in [9.17, 15) is 44.4 Å². The van der Waals surface area contributed by atoms with Crippen LogP contribution in [0.2, 0.25) is 0 Å². The van der Waals surface area contributed by atoms with E-state index in [2.05, 4.69) is 0 Å². The fraction of sp³-hybridized carbons (Fsp3) is 0.447. The Balaban J connectivity index is 1.54. The number of carbonyl (C=O) groups excluding carboxylic acids is 5. The lowest BCUT2D eigenvalue weighted by Crippen LogP contribution is -2.63. The number of amides is 2. The Labute approximate surface area is 306 Å². The van der Waals surface area contributed by atoms with Gasteiger partial charge in [0.2, 0.25) is 12.6 Å². The van der Waals surface area contributed by atoms with Crippen molar-refractivity contribution < 1.29 is 53.9 Å². The van der Waals surface area contributed by atoms with E-state index < -0.39 is 88.1 Å². The van der Waals surface area contributed by atoms with E-state index >= 15 is 0 Å². The van der Waals surface area contributed by atoms with E-state index in [4.69, 9.17) is 15.2 Å². The highest BCUT2D eigenvalue weighted by molar-refractivity contribution is 6.25. The normalized spacial score (nSPS) is 22.5. The van der Waals surface area contributed by atoms with Gasteiger partial charge in [-0.1, -0.05) is 39.0 Å². The number of primary amides is 1. The zero-order chi connectivity index (χ0) is 39.3. The zero-order valence-electron chi connectivity index (χ0n) is 30.8. The average Bonchev–Trinajstić information content (AvgIpc) is 3.06. The molecule has 0 spiro atoms. The topological polar surface area (TPSA) is 220 Å². The summed E-state index contributed by atoms with van der Waals surface area (Å²) < 4.78 is 10.4. The van der Waals surface area contributed by atoms with E-state index in [0.717, 1.165) is 0 Å². The lowest BCUT2D eigenvalue weighted by Gasteiger charge is -2.50. The number of anilines is 1. The molecule has 15 nitrogen and oxygen atoms in total. The summed E-state index contributed by atoms with van der Waals surface area (Å²) in [6.07, 6.45) is -0.818. The Bertz CT molecular complexity index is 1930. The van der Waals surface area contributed by atoms with Gasteiger partial charge in [-0.15, -0.1) is 0 Å². The number of likely N-dealkylation sites (N-methyl/N-ethyl adjacent to an activating group) is 1. The molecule has 5 rings (SSSR count). The van der Waals surface area contributed by atoms with Crippen LogP contribution in [0.4, 0.5) is 10.5 Å². The predicted octanol–water partition coefficient (Wildman–Crippen LogP) is 2.99. The third-order valence-electron chi connectivity index (χ3n) is 9.93. The number of aliphatic hydroxyl groups is 3. The van der Waals surface area contributed by atoms with Gasteiger partial charge in [-0.05, 0) is 62.0 Å². The molecule has 2 aromatic rings. The lowest BCUT2D eigenvalue weighted by atomic mass is 9.58. The number of rotatable bonds is 9. The first-order valence-electron chi connectivity index (χ1n) is 17.0. The SMILES string of the molecule is CN(C)c1cc(CN(CC(C)(C)C)C(=O)OCOC(=O)c2ccccc2)c(O)c2c1C[C@H]1C[C@H]3[C@H](N(C)C)C(O)=C(C(N)=O)C(=O)[C@@]3(O)C(O)=C1C2=O. The van der Waals surface area contributed by atoms with E-state index in [0.29, 0.717) is 11.3 Å². The first kappa shape index (κ1) is 38.8. The molecule has 2 amide bonds. The van der Waals surface area contributed by atoms with E-state index in [-0.39, 0.29) is 48.2 Å². The number of nitrogens with two attached hydrogens (primary N) is 1. The highest BCUT2D eigenvalue weighted by Gasteiger charge is 2.63. The summed E-state index contributed by atoms with van der Waals surface area (Å²) in [6.45, 7) is 4.85. The first-order valence-corrected chi connectivity index (χ1v) is 17.0. The van der Waals surface area contributed by atoms with Crippen LogP contribution in [-0.4, -0.2) is 113 Å². The second kappa shape index (κ2) is 14.2. The summed E-state index contributed by atoms with van der Waals surface area (Å²) in [7, 11) is 6.60. The Morgan fingerprint density at radius 1 is 1.00 bits per heavy atom. The van der Waals surface area contributed by atoms with E-state index in [1.165, 1.54) is 9.80 Å². The molecule has 0 unspecified atom stereocenters. The van der Waals surface area contributed by atoms with Crippen LogP contribution < -0.4 is 10.6 Å². The molecule has 15 heteroatoms. The van der Waals surface area contributed by atoms with Crippen molar-refractivity contribution in [2.24, 2.45) is 23.0 Å². The molecule has 0 fully saturated rings. The number of phenols is 1. The number of aromatic hydroxyl groups is 1. The van der Waals surface area contributed by atoms with E-state index in [1.807, 2.05) is 20.8 Å². The number of hydrogen-bond acceptors (Lipinski definition) is 13. The highest BCUT2D eigenvalue weighted by atomic mass is 16.7. The maximum Gasteiger partial charge on any atom is 0.412 e. The predicted molar refractivity (Wildman–Crippen MR) is 191 cm³/mol. The van der Waals surface area contributed by atoms with Crippen molar-refractivity contribution in [1.82, 2.24) is 9.80 Å². The number of Topliss-reactive ketones (excluding diaryl/α,β-unsaturated/α-hetero) is 2. The maximum atomic E-state index is 14.5. The van der Waals surface area contributed by atoms with Crippen molar-refractivity contribution in [3.63, 3.8) is 0 Å². The quantitative estimate of drug-likeness (QED) is 0.142. The number of ketones is 2. The summed E-state index contributed by atoms with van der Waals surface area (Å²) in [6, 6.07) is 8.70. The van der Waals surface area contributed by atoms with Gasteiger partial charge in [0.15, 0.2) is 11.4 Å². The number of phenolic OH excluding ortho intramolecular Hbond substituents is 1. The minimum Gasteiger partial charge on any atom is -0.510 e. The summed E-state index contributed by atoms with van der Waals surface area (Å²) in [5.41, 5.74) is 2.21. The average molecular weight is 735 g/mol. The van der Waals surface area contributed by atoms with Crippen molar-refractivity contribution in [2.45, 2.75) is 51.8 Å². The van der Waals surface area contributed by atoms with Crippen LogP contribution in [0.1, 0.15) is 59.0 Å². The third-order valence-corrected chi connectivity index (χ3v) is 9.93. The van der Waals surface area contributed by atoms with Crippen LogP contribution in [0.5, 0.6) is 5.75 Å². The van der Waals surface area contributed by atoms with Gasteiger partial charge in [-0.3, -0.25) is 19.3 Å². The summed E-state index contributed by atoms with van der Waals surface area (Å²) in [4.78, 5) is 70.8. The number of allylic oxidation sites excluding steroid dienone is 1. The Morgan fingerprint density at radius 2 is 1.64 bits per heavy atom. The molecule has 3 aliphatic carbocycles. The van der Waals surface area contributed by atoms with Gasteiger partial charge < -0.3 is 45.4 Å². The molecule has 4 atom stereocenters. The summed E-state index contributed by atoms with van der Waals surface area (Å²) in [5.74, 6) is -8.20. The molecule has 2 aromatic carbocycles. The largest absolute Gasteiger partial charge is 0.510 e. The minimum atomic E-state index is -2.78. The van der Waals surface area contributed by atoms with Crippen LogP contribution in [-0.2, 0) is 32.0 Å². The van der Waals surface area contributed by atoms with Gasteiger partial charge in [0, 0.05) is 43.4 Å². The van der Waals surface area contributed by atoms with E-state index in [1.54, 1.807) is 69.5 Å². The van der Waals surface area contributed by atoms with Gasteiger partial charge in [0.05, 0.1) is 23.7 Å². The number of fused-ring (bicyclic) bond motifs is 3. The van der Waals surface area contributed by atoms with Crippen molar-refractivity contribution >= 4 is 35.2 Å². The van der Waals surface area contributed by atoms with Gasteiger partial charge >= 0.3 is 12.1 Å².